The van der Waals surface area contributed by atoms with Crippen molar-refractivity contribution in [2.75, 3.05) is 5.75 Å². The van der Waals surface area contributed by atoms with Crippen molar-refractivity contribution in [3.63, 3.8) is 0 Å². The molecular weight excluding hydrogens is 290 g/mol. The fourth-order valence-corrected chi connectivity index (χ4v) is 3.50. The number of non-ortho nitro benzene ring substituents is 1. The van der Waals surface area contributed by atoms with Gasteiger partial charge in [0.1, 0.15) is 5.69 Å². The number of benzene rings is 1. The first-order chi connectivity index (χ1) is 8.95. The summed E-state index contributed by atoms with van der Waals surface area (Å²) in [5.74, 6) is -0.0448. The van der Waals surface area contributed by atoms with Crippen LogP contribution in [0.5, 0.6) is 0 Å². The smallest absolute Gasteiger partial charge is 0.258 e. The number of hydrogen-bond donors (Lipinski definition) is 0. The third kappa shape index (κ3) is 2.61. The fraction of sp³-hybridized carbons (Fsp3) is 0.200. The summed E-state index contributed by atoms with van der Waals surface area (Å²) < 4.78 is 27.4. The first-order valence-corrected chi connectivity index (χ1v) is 7.68. The van der Waals surface area contributed by atoms with Gasteiger partial charge in [-0.1, -0.05) is 11.4 Å². The van der Waals surface area contributed by atoms with Gasteiger partial charge in [0.2, 0.25) is 0 Å². The molecule has 100 valence electrons. The minimum Gasteiger partial charge on any atom is -0.258 e. The van der Waals surface area contributed by atoms with E-state index in [-0.39, 0.29) is 21.3 Å². The van der Waals surface area contributed by atoms with Crippen molar-refractivity contribution < 1.29 is 13.3 Å². The Kier molecular flexibility index (Phi) is 3.58. The normalized spacial score (nSPS) is 11.4. The zero-order valence-corrected chi connectivity index (χ0v) is 11.4. The second-order valence-corrected chi connectivity index (χ2v) is 6.84. The molecule has 1 heterocycles. The lowest BCUT2D eigenvalue weighted by atomic mass is 10.1. The molecule has 1 aromatic heterocycles. The van der Waals surface area contributed by atoms with Crippen LogP contribution in [0.4, 0.5) is 5.69 Å². The number of rotatable bonds is 4. The average molecular weight is 299 g/mol. The number of sulfone groups is 1. The summed E-state index contributed by atoms with van der Waals surface area (Å²) in [7, 11) is -3.40. The van der Waals surface area contributed by atoms with E-state index in [2.05, 4.69) is 9.59 Å². The van der Waals surface area contributed by atoms with Crippen molar-refractivity contribution in [2.24, 2.45) is 0 Å². The van der Waals surface area contributed by atoms with E-state index in [1.807, 2.05) is 0 Å². The van der Waals surface area contributed by atoms with Gasteiger partial charge in [0.25, 0.3) is 5.69 Å². The average Bonchev–Trinajstić information content (AvgIpc) is 2.89. The Hall–Kier alpha value is -1.87. The Morgan fingerprint density at radius 1 is 1.32 bits per heavy atom. The van der Waals surface area contributed by atoms with Crippen LogP contribution in [-0.4, -0.2) is 28.7 Å². The van der Waals surface area contributed by atoms with Gasteiger partial charge < -0.3 is 0 Å². The second-order valence-electron chi connectivity index (χ2n) is 3.62. The predicted molar refractivity (Wildman–Crippen MR) is 69.7 cm³/mol. The van der Waals surface area contributed by atoms with Crippen LogP contribution < -0.4 is 0 Å². The Morgan fingerprint density at radius 3 is 2.47 bits per heavy atom. The van der Waals surface area contributed by atoms with Gasteiger partial charge in [-0.05, 0) is 12.1 Å². The van der Waals surface area contributed by atoms with E-state index in [1.165, 1.54) is 31.2 Å². The number of hydrogen-bond acceptors (Lipinski definition) is 7. The zero-order chi connectivity index (χ0) is 14.0. The quantitative estimate of drug-likeness (QED) is 0.631. The molecule has 0 fully saturated rings. The lowest BCUT2D eigenvalue weighted by molar-refractivity contribution is -0.384. The van der Waals surface area contributed by atoms with Gasteiger partial charge in [0, 0.05) is 29.2 Å². The Morgan fingerprint density at radius 2 is 1.95 bits per heavy atom. The van der Waals surface area contributed by atoms with Crippen LogP contribution in [0.25, 0.3) is 11.3 Å². The molecule has 0 bridgehead atoms. The highest BCUT2D eigenvalue weighted by atomic mass is 32.2. The molecule has 0 saturated carbocycles. The predicted octanol–water partition coefficient (Wildman–Crippen LogP) is 1.91. The summed E-state index contributed by atoms with van der Waals surface area (Å²) in [6, 6.07) is 5.53. The van der Waals surface area contributed by atoms with Gasteiger partial charge in [0.15, 0.2) is 14.0 Å². The first-order valence-electron chi connectivity index (χ1n) is 5.25. The molecule has 0 radical (unpaired) electrons. The summed E-state index contributed by atoms with van der Waals surface area (Å²) in [5, 5.41) is 14.3. The number of nitro benzene ring substituents is 1. The standard InChI is InChI=1S/C10H9N3O4S2/c1-2-19(16,17)10-9(11-12-18-10)7-3-5-8(6-4-7)13(14)15/h3-6H,2H2,1H3. The lowest BCUT2D eigenvalue weighted by Crippen LogP contribution is -2.03. The van der Waals surface area contributed by atoms with Crippen LogP contribution in [0.2, 0.25) is 0 Å². The van der Waals surface area contributed by atoms with E-state index >= 15 is 0 Å². The van der Waals surface area contributed by atoms with Gasteiger partial charge in [-0.15, -0.1) is 5.10 Å². The van der Waals surface area contributed by atoms with Crippen molar-refractivity contribution in [1.29, 1.82) is 0 Å². The van der Waals surface area contributed by atoms with E-state index in [0.717, 1.165) is 11.5 Å². The molecule has 0 saturated heterocycles. The SMILES string of the molecule is CCS(=O)(=O)c1snnc1-c1ccc([N+](=O)[O-])cc1. The minimum atomic E-state index is -3.40. The molecule has 0 aliphatic heterocycles. The summed E-state index contributed by atoms with van der Waals surface area (Å²) in [6.45, 7) is 1.54. The number of nitro groups is 1. The molecule has 9 heteroatoms. The Bertz CT molecular complexity index is 707. The van der Waals surface area contributed by atoms with E-state index in [4.69, 9.17) is 0 Å². The van der Waals surface area contributed by atoms with Crippen molar-refractivity contribution in [1.82, 2.24) is 9.59 Å². The van der Waals surface area contributed by atoms with Gasteiger partial charge in [-0.2, -0.15) is 0 Å². The summed E-state index contributed by atoms with van der Waals surface area (Å²) >= 11 is 0.803. The topological polar surface area (TPSA) is 103 Å². The molecule has 0 spiro atoms. The van der Waals surface area contributed by atoms with Crippen LogP contribution in [-0.2, 0) is 9.84 Å². The summed E-state index contributed by atoms with van der Waals surface area (Å²) in [4.78, 5) is 10.0. The molecule has 0 atom stereocenters. The van der Waals surface area contributed by atoms with Gasteiger partial charge in [0.05, 0.1) is 10.7 Å². The van der Waals surface area contributed by atoms with Gasteiger partial charge >= 0.3 is 0 Å². The van der Waals surface area contributed by atoms with Gasteiger partial charge in [-0.25, -0.2) is 8.42 Å². The number of aromatic nitrogens is 2. The van der Waals surface area contributed by atoms with Gasteiger partial charge in [-0.3, -0.25) is 10.1 Å². The minimum absolute atomic E-state index is 0.0448. The summed E-state index contributed by atoms with van der Waals surface area (Å²) in [5.41, 5.74) is 0.667. The van der Waals surface area contributed by atoms with Crippen molar-refractivity contribution in [2.45, 2.75) is 11.1 Å². The van der Waals surface area contributed by atoms with Crippen LogP contribution in [0.15, 0.2) is 28.5 Å². The summed E-state index contributed by atoms with van der Waals surface area (Å²) in [6.07, 6.45) is 0. The highest BCUT2D eigenvalue weighted by Gasteiger charge is 2.22. The van der Waals surface area contributed by atoms with Crippen molar-refractivity contribution >= 4 is 27.1 Å². The monoisotopic (exact) mass is 299 g/mol. The lowest BCUT2D eigenvalue weighted by Gasteiger charge is -2.01. The highest BCUT2D eigenvalue weighted by Crippen LogP contribution is 2.29. The first kappa shape index (κ1) is 13.6. The van der Waals surface area contributed by atoms with E-state index in [0.29, 0.717) is 5.56 Å². The maximum Gasteiger partial charge on any atom is 0.269 e. The van der Waals surface area contributed by atoms with Crippen LogP contribution in [0, 0.1) is 10.1 Å². The van der Waals surface area contributed by atoms with Crippen LogP contribution in [0.3, 0.4) is 0 Å². The van der Waals surface area contributed by atoms with Crippen LogP contribution in [0.1, 0.15) is 6.92 Å². The third-order valence-corrected chi connectivity index (χ3v) is 5.50. The molecule has 7 nitrogen and oxygen atoms in total. The Labute approximate surface area is 113 Å². The maximum absolute atomic E-state index is 11.9. The molecule has 2 aromatic rings. The van der Waals surface area contributed by atoms with E-state index in [1.54, 1.807) is 0 Å². The highest BCUT2D eigenvalue weighted by molar-refractivity contribution is 7.93. The van der Waals surface area contributed by atoms with Crippen molar-refractivity contribution in [3.8, 4) is 11.3 Å². The van der Waals surface area contributed by atoms with E-state index < -0.39 is 14.8 Å². The fourth-order valence-electron chi connectivity index (χ4n) is 1.43. The molecule has 19 heavy (non-hydrogen) atoms. The molecule has 2 rings (SSSR count). The van der Waals surface area contributed by atoms with Crippen LogP contribution >= 0.6 is 11.5 Å². The third-order valence-electron chi connectivity index (χ3n) is 2.47. The largest absolute Gasteiger partial charge is 0.269 e. The molecule has 1 aromatic carbocycles. The second kappa shape index (κ2) is 5.02. The molecular formula is C10H9N3O4S2. The molecule has 0 aliphatic carbocycles. The Balaban J connectivity index is 2.49. The van der Waals surface area contributed by atoms with E-state index in [9.17, 15) is 18.5 Å². The molecule has 0 N–H and O–H groups in total. The number of nitrogens with zero attached hydrogens (tertiary/aromatic N) is 3. The maximum atomic E-state index is 11.9. The molecule has 0 unspecified atom stereocenters. The van der Waals surface area contributed by atoms with Crippen molar-refractivity contribution in [3.05, 3.63) is 34.4 Å². The zero-order valence-electron chi connectivity index (χ0n) is 9.81. The molecule has 0 aliphatic rings. The molecule has 0 amide bonds.